The Kier molecular flexibility index (Phi) is 3.87. The molecule has 2 heteroatoms. The normalized spacial score (nSPS) is 11.0. The third-order valence-corrected chi connectivity index (χ3v) is 4.45. The molecule has 0 saturated carbocycles. The van der Waals surface area contributed by atoms with E-state index in [-0.39, 0.29) is 0 Å². The SMILES string of the molecule is Cc1[nH]c(CCc2ccc3ccccc3c2)nc1-c1ccccc1. The van der Waals surface area contributed by atoms with E-state index in [1.807, 2.05) is 6.07 Å². The van der Waals surface area contributed by atoms with Crippen LogP contribution in [0.5, 0.6) is 0 Å². The van der Waals surface area contributed by atoms with Gasteiger partial charge in [-0.25, -0.2) is 4.98 Å². The van der Waals surface area contributed by atoms with Crippen LogP contribution in [-0.4, -0.2) is 9.97 Å². The van der Waals surface area contributed by atoms with Crippen molar-refractivity contribution in [3.05, 3.63) is 89.9 Å². The predicted octanol–water partition coefficient (Wildman–Crippen LogP) is 5.32. The van der Waals surface area contributed by atoms with Gasteiger partial charge in [0, 0.05) is 17.7 Å². The molecule has 0 spiro atoms. The van der Waals surface area contributed by atoms with Crippen LogP contribution in [-0.2, 0) is 12.8 Å². The standard InChI is InChI=1S/C22H20N2/c1-16-22(19-8-3-2-4-9-19)24-21(23-16)14-12-17-11-13-18-7-5-6-10-20(18)15-17/h2-11,13,15H,12,14H2,1H3,(H,23,24). The van der Waals surface area contributed by atoms with E-state index in [4.69, 9.17) is 4.98 Å². The molecule has 0 amide bonds. The van der Waals surface area contributed by atoms with Gasteiger partial charge in [-0.2, -0.15) is 0 Å². The summed E-state index contributed by atoms with van der Waals surface area (Å²) in [6.45, 7) is 2.09. The summed E-state index contributed by atoms with van der Waals surface area (Å²) in [5.74, 6) is 1.06. The lowest BCUT2D eigenvalue weighted by molar-refractivity contribution is 0.882. The molecular weight excluding hydrogens is 292 g/mol. The fourth-order valence-corrected chi connectivity index (χ4v) is 3.17. The summed E-state index contributed by atoms with van der Waals surface area (Å²) in [5.41, 5.74) is 4.71. The van der Waals surface area contributed by atoms with Gasteiger partial charge in [0.05, 0.1) is 5.69 Å². The number of aromatic nitrogens is 2. The minimum absolute atomic E-state index is 0.923. The number of hydrogen-bond acceptors (Lipinski definition) is 1. The second kappa shape index (κ2) is 6.32. The minimum Gasteiger partial charge on any atom is -0.346 e. The zero-order chi connectivity index (χ0) is 16.4. The molecule has 0 saturated heterocycles. The van der Waals surface area contributed by atoms with Crippen LogP contribution >= 0.6 is 0 Å². The van der Waals surface area contributed by atoms with Gasteiger partial charge in [-0.1, -0.05) is 72.8 Å². The van der Waals surface area contributed by atoms with E-state index in [0.29, 0.717) is 0 Å². The molecule has 118 valence electrons. The summed E-state index contributed by atoms with van der Waals surface area (Å²) in [5, 5.41) is 2.59. The largest absolute Gasteiger partial charge is 0.346 e. The topological polar surface area (TPSA) is 28.7 Å². The van der Waals surface area contributed by atoms with E-state index < -0.39 is 0 Å². The zero-order valence-corrected chi connectivity index (χ0v) is 13.8. The Bertz CT molecular complexity index is 968. The maximum absolute atomic E-state index is 4.80. The van der Waals surface area contributed by atoms with Crippen LogP contribution in [0.3, 0.4) is 0 Å². The summed E-state index contributed by atoms with van der Waals surface area (Å²) in [6.07, 6.45) is 1.91. The summed E-state index contributed by atoms with van der Waals surface area (Å²) in [4.78, 5) is 8.24. The number of nitrogens with zero attached hydrogens (tertiary/aromatic N) is 1. The summed E-state index contributed by atoms with van der Waals surface area (Å²) < 4.78 is 0. The molecule has 24 heavy (non-hydrogen) atoms. The molecule has 2 nitrogen and oxygen atoms in total. The van der Waals surface area contributed by atoms with E-state index in [0.717, 1.165) is 30.1 Å². The van der Waals surface area contributed by atoms with Crippen molar-refractivity contribution in [2.45, 2.75) is 19.8 Å². The zero-order valence-electron chi connectivity index (χ0n) is 13.8. The Labute approximate surface area is 142 Å². The lowest BCUT2D eigenvalue weighted by atomic mass is 10.0. The van der Waals surface area contributed by atoms with Crippen molar-refractivity contribution in [3.63, 3.8) is 0 Å². The maximum Gasteiger partial charge on any atom is 0.107 e. The fourth-order valence-electron chi connectivity index (χ4n) is 3.17. The van der Waals surface area contributed by atoms with Crippen LogP contribution in [0.2, 0.25) is 0 Å². The Morgan fingerprint density at radius 2 is 1.54 bits per heavy atom. The molecule has 0 fully saturated rings. The van der Waals surface area contributed by atoms with E-state index in [9.17, 15) is 0 Å². The number of aromatic amines is 1. The van der Waals surface area contributed by atoms with E-state index >= 15 is 0 Å². The monoisotopic (exact) mass is 312 g/mol. The van der Waals surface area contributed by atoms with Crippen LogP contribution in [0.4, 0.5) is 0 Å². The molecule has 4 rings (SSSR count). The molecule has 0 unspecified atom stereocenters. The summed E-state index contributed by atoms with van der Waals surface area (Å²) >= 11 is 0. The number of imidazole rings is 1. The van der Waals surface area contributed by atoms with Gasteiger partial charge in [0.2, 0.25) is 0 Å². The molecule has 0 aliphatic heterocycles. The number of nitrogens with one attached hydrogen (secondary N) is 1. The third-order valence-electron chi connectivity index (χ3n) is 4.45. The number of aryl methyl sites for hydroxylation is 3. The first-order chi connectivity index (χ1) is 11.8. The molecule has 0 bridgehead atoms. The van der Waals surface area contributed by atoms with Crippen LogP contribution in [0, 0.1) is 6.92 Å². The average Bonchev–Trinajstić information content (AvgIpc) is 3.01. The van der Waals surface area contributed by atoms with Crippen molar-refractivity contribution in [2.24, 2.45) is 0 Å². The highest BCUT2D eigenvalue weighted by molar-refractivity contribution is 5.83. The molecule has 0 atom stereocenters. The number of rotatable bonds is 4. The highest BCUT2D eigenvalue weighted by Gasteiger charge is 2.08. The van der Waals surface area contributed by atoms with Gasteiger partial charge >= 0.3 is 0 Å². The van der Waals surface area contributed by atoms with Gasteiger partial charge in [0.1, 0.15) is 5.82 Å². The number of H-pyrrole nitrogens is 1. The molecule has 0 aliphatic carbocycles. The smallest absolute Gasteiger partial charge is 0.107 e. The van der Waals surface area contributed by atoms with Gasteiger partial charge in [-0.3, -0.25) is 0 Å². The fraction of sp³-hybridized carbons (Fsp3) is 0.136. The molecule has 1 aromatic heterocycles. The maximum atomic E-state index is 4.80. The second-order valence-electron chi connectivity index (χ2n) is 6.20. The van der Waals surface area contributed by atoms with Crippen LogP contribution in [0.15, 0.2) is 72.8 Å². The van der Waals surface area contributed by atoms with Crippen LogP contribution in [0.25, 0.3) is 22.0 Å². The lowest BCUT2D eigenvalue weighted by Gasteiger charge is -2.03. The van der Waals surface area contributed by atoms with E-state index in [1.165, 1.54) is 21.9 Å². The average molecular weight is 312 g/mol. The number of fused-ring (bicyclic) bond motifs is 1. The highest BCUT2D eigenvalue weighted by Crippen LogP contribution is 2.22. The molecule has 0 aliphatic rings. The number of hydrogen-bond donors (Lipinski definition) is 1. The minimum atomic E-state index is 0.923. The Morgan fingerprint density at radius 1 is 0.792 bits per heavy atom. The Morgan fingerprint density at radius 3 is 2.38 bits per heavy atom. The van der Waals surface area contributed by atoms with Gasteiger partial charge < -0.3 is 4.98 Å². The molecule has 3 aromatic carbocycles. The highest BCUT2D eigenvalue weighted by atomic mass is 14.9. The Hall–Kier alpha value is -2.87. The van der Waals surface area contributed by atoms with Gasteiger partial charge in [0.25, 0.3) is 0 Å². The van der Waals surface area contributed by atoms with Gasteiger partial charge in [-0.15, -0.1) is 0 Å². The van der Waals surface area contributed by atoms with E-state index in [1.54, 1.807) is 0 Å². The van der Waals surface area contributed by atoms with Crippen molar-refractivity contribution in [1.29, 1.82) is 0 Å². The summed E-state index contributed by atoms with van der Waals surface area (Å²) in [6, 6.07) is 25.6. The first-order valence-corrected chi connectivity index (χ1v) is 8.38. The van der Waals surface area contributed by atoms with E-state index in [2.05, 4.69) is 78.6 Å². The first kappa shape index (κ1) is 14.7. The summed E-state index contributed by atoms with van der Waals surface area (Å²) in [7, 11) is 0. The molecule has 1 heterocycles. The molecule has 0 radical (unpaired) electrons. The predicted molar refractivity (Wildman–Crippen MR) is 100 cm³/mol. The molecule has 4 aromatic rings. The third kappa shape index (κ3) is 2.95. The lowest BCUT2D eigenvalue weighted by Crippen LogP contribution is -1.93. The quantitative estimate of drug-likeness (QED) is 0.542. The molecular formula is C22H20N2. The first-order valence-electron chi connectivity index (χ1n) is 8.38. The van der Waals surface area contributed by atoms with Crippen molar-refractivity contribution < 1.29 is 0 Å². The van der Waals surface area contributed by atoms with Crippen LogP contribution in [0.1, 0.15) is 17.1 Å². The molecule has 1 N–H and O–H groups in total. The van der Waals surface area contributed by atoms with Crippen LogP contribution < -0.4 is 0 Å². The van der Waals surface area contributed by atoms with Crippen molar-refractivity contribution in [1.82, 2.24) is 9.97 Å². The number of benzene rings is 3. The van der Waals surface area contributed by atoms with Crippen molar-refractivity contribution in [3.8, 4) is 11.3 Å². The van der Waals surface area contributed by atoms with Crippen molar-refractivity contribution >= 4 is 10.8 Å². The van der Waals surface area contributed by atoms with Gasteiger partial charge in [-0.05, 0) is 29.7 Å². The van der Waals surface area contributed by atoms with Gasteiger partial charge in [0.15, 0.2) is 0 Å². The second-order valence-corrected chi connectivity index (χ2v) is 6.20. The van der Waals surface area contributed by atoms with Crippen molar-refractivity contribution in [2.75, 3.05) is 0 Å². The Balaban J connectivity index is 1.53.